The molecule has 18 heavy (non-hydrogen) atoms. The van der Waals surface area contributed by atoms with Gasteiger partial charge in [-0.25, -0.2) is 0 Å². The van der Waals surface area contributed by atoms with Crippen LogP contribution in [0.25, 0.3) is 11.1 Å². The second kappa shape index (κ2) is 6.02. The minimum absolute atomic E-state index is 0.527. The first kappa shape index (κ1) is 13.1. The molecule has 0 unspecified atom stereocenters. The Morgan fingerprint density at radius 1 is 1.44 bits per heavy atom. The molecule has 0 aliphatic rings. The third-order valence-corrected chi connectivity index (χ3v) is 3.18. The molecule has 1 aromatic carbocycles. The standard InChI is InChI=1S/C13H16BrN3O/c1-2-18-7-6-11-12(13(15)17-16-11)9-4-3-5-10(14)8-9/h3-5,8H,2,6-7H2,1H3,(H3,15,16,17). The zero-order valence-corrected chi connectivity index (χ0v) is 11.8. The summed E-state index contributed by atoms with van der Waals surface area (Å²) in [6.45, 7) is 3.37. The number of aromatic nitrogens is 2. The number of hydrogen-bond donors (Lipinski definition) is 2. The lowest BCUT2D eigenvalue weighted by Crippen LogP contribution is -2.00. The number of anilines is 1. The van der Waals surface area contributed by atoms with E-state index in [-0.39, 0.29) is 0 Å². The first-order valence-corrected chi connectivity index (χ1v) is 6.68. The van der Waals surface area contributed by atoms with E-state index in [4.69, 9.17) is 10.5 Å². The highest BCUT2D eigenvalue weighted by Crippen LogP contribution is 2.30. The molecule has 0 radical (unpaired) electrons. The predicted octanol–water partition coefficient (Wildman–Crippen LogP) is 3.00. The zero-order chi connectivity index (χ0) is 13.0. The topological polar surface area (TPSA) is 63.9 Å². The summed E-state index contributed by atoms with van der Waals surface area (Å²) in [4.78, 5) is 0. The molecule has 2 rings (SSSR count). The van der Waals surface area contributed by atoms with Crippen LogP contribution in [0, 0.1) is 0 Å². The van der Waals surface area contributed by atoms with Crippen LogP contribution in [0.2, 0.25) is 0 Å². The van der Waals surface area contributed by atoms with E-state index in [0.29, 0.717) is 12.4 Å². The molecule has 0 saturated heterocycles. The molecule has 2 aromatic rings. The lowest BCUT2D eigenvalue weighted by atomic mass is 10.0. The predicted molar refractivity (Wildman–Crippen MR) is 76.3 cm³/mol. The summed E-state index contributed by atoms with van der Waals surface area (Å²) in [6.07, 6.45) is 0.778. The fourth-order valence-electron chi connectivity index (χ4n) is 1.86. The molecule has 5 heteroatoms. The molecule has 0 saturated carbocycles. The number of nitrogens with one attached hydrogen (secondary N) is 1. The quantitative estimate of drug-likeness (QED) is 0.835. The van der Waals surface area contributed by atoms with Crippen LogP contribution >= 0.6 is 15.9 Å². The number of H-pyrrole nitrogens is 1. The van der Waals surface area contributed by atoms with Gasteiger partial charge in [-0.3, -0.25) is 5.10 Å². The van der Waals surface area contributed by atoms with E-state index >= 15 is 0 Å². The van der Waals surface area contributed by atoms with Crippen LogP contribution in [0.1, 0.15) is 12.6 Å². The molecule has 3 N–H and O–H groups in total. The summed E-state index contributed by atoms with van der Waals surface area (Å²) in [5.74, 6) is 0.527. The van der Waals surface area contributed by atoms with Gasteiger partial charge >= 0.3 is 0 Å². The van der Waals surface area contributed by atoms with E-state index in [1.165, 1.54) is 0 Å². The van der Waals surface area contributed by atoms with Crippen molar-refractivity contribution >= 4 is 21.7 Å². The molecule has 0 spiro atoms. The van der Waals surface area contributed by atoms with Crippen LogP contribution in [-0.4, -0.2) is 23.4 Å². The van der Waals surface area contributed by atoms with Gasteiger partial charge in [0.25, 0.3) is 0 Å². The molecule has 0 amide bonds. The number of benzene rings is 1. The molecule has 0 fully saturated rings. The van der Waals surface area contributed by atoms with Gasteiger partial charge in [0, 0.05) is 28.8 Å². The maximum absolute atomic E-state index is 5.93. The summed E-state index contributed by atoms with van der Waals surface area (Å²) in [5.41, 5.74) is 8.97. The first-order valence-electron chi connectivity index (χ1n) is 5.88. The van der Waals surface area contributed by atoms with E-state index in [1.54, 1.807) is 0 Å². The SMILES string of the molecule is CCOCCc1[nH]nc(N)c1-c1cccc(Br)c1. The van der Waals surface area contributed by atoms with Crippen molar-refractivity contribution < 1.29 is 4.74 Å². The highest BCUT2D eigenvalue weighted by molar-refractivity contribution is 9.10. The van der Waals surface area contributed by atoms with Crippen molar-refractivity contribution in [2.24, 2.45) is 0 Å². The molecule has 4 nitrogen and oxygen atoms in total. The Hall–Kier alpha value is -1.33. The number of nitrogens with zero attached hydrogens (tertiary/aromatic N) is 1. The summed E-state index contributed by atoms with van der Waals surface area (Å²) >= 11 is 3.46. The first-order chi connectivity index (χ1) is 8.72. The zero-order valence-electron chi connectivity index (χ0n) is 10.2. The van der Waals surface area contributed by atoms with Crippen molar-refractivity contribution in [3.8, 4) is 11.1 Å². The highest BCUT2D eigenvalue weighted by Gasteiger charge is 2.12. The van der Waals surface area contributed by atoms with Crippen LogP contribution < -0.4 is 5.73 Å². The number of halogens is 1. The summed E-state index contributed by atoms with van der Waals surface area (Å²) < 4.78 is 6.39. The van der Waals surface area contributed by atoms with Crippen LogP contribution in [0.15, 0.2) is 28.7 Å². The van der Waals surface area contributed by atoms with Gasteiger partial charge in [-0.15, -0.1) is 0 Å². The van der Waals surface area contributed by atoms with Gasteiger partial charge in [0.15, 0.2) is 5.82 Å². The van der Waals surface area contributed by atoms with Crippen molar-refractivity contribution in [2.45, 2.75) is 13.3 Å². The summed E-state index contributed by atoms with van der Waals surface area (Å²) in [7, 11) is 0. The van der Waals surface area contributed by atoms with E-state index in [0.717, 1.165) is 34.3 Å². The van der Waals surface area contributed by atoms with Crippen LogP contribution in [0.4, 0.5) is 5.82 Å². The maximum Gasteiger partial charge on any atom is 0.153 e. The minimum Gasteiger partial charge on any atom is -0.382 e. The van der Waals surface area contributed by atoms with Crippen LogP contribution in [-0.2, 0) is 11.2 Å². The van der Waals surface area contributed by atoms with E-state index in [2.05, 4.69) is 26.1 Å². The molecule has 96 valence electrons. The molecule has 0 atom stereocenters. The Labute approximate surface area is 115 Å². The highest BCUT2D eigenvalue weighted by atomic mass is 79.9. The van der Waals surface area contributed by atoms with Crippen molar-refractivity contribution in [1.29, 1.82) is 0 Å². The van der Waals surface area contributed by atoms with E-state index in [1.807, 2.05) is 31.2 Å². The summed E-state index contributed by atoms with van der Waals surface area (Å²) in [6, 6.07) is 8.03. The van der Waals surface area contributed by atoms with Crippen molar-refractivity contribution in [1.82, 2.24) is 10.2 Å². The fraction of sp³-hybridized carbons (Fsp3) is 0.308. The van der Waals surface area contributed by atoms with Crippen LogP contribution in [0.3, 0.4) is 0 Å². The monoisotopic (exact) mass is 309 g/mol. The average Bonchev–Trinajstić information content (AvgIpc) is 2.71. The lowest BCUT2D eigenvalue weighted by Gasteiger charge is -2.05. The Morgan fingerprint density at radius 3 is 3.00 bits per heavy atom. The molecule has 1 heterocycles. The minimum atomic E-state index is 0.527. The van der Waals surface area contributed by atoms with Gasteiger partial charge in [0.1, 0.15) is 0 Å². The average molecular weight is 310 g/mol. The molecule has 0 aliphatic heterocycles. The molecule has 0 bridgehead atoms. The van der Waals surface area contributed by atoms with E-state index in [9.17, 15) is 0 Å². The number of hydrogen-bond acceptors (Lipinski definition) is 3. The molecular weight excluding hydrogens is 294 g/mol. The maximum atomic E-state index is 5.93. The number of ether oxygens (including phenoxy) is 1. The van der Waals surface area contributed by atoms with Crippen LogP contribution in [0.5, 0.6) is 0 Å². The number of nitrogen functional groups attached to an aromatic ring is 1. The van der Waals surface area contributed by atoms with Gasteiger partial charge in [-0.1, -0.05) is 28.1 Å². The van der Waals surface area contributed by atoms with Gasteiger partial charge in [0.05, 0.1) is 6.61 Å². The Balaban J connectivity index is 2.29. The fourth-order valence-corrected chi connectivity index (χ4v) is 2.26. The largest absolute Gasteiger partial charge is 0.382 e. The van der Waals surface area contributed by atoms with E-state index < -0.39 is 0 Å². The van der Waals surface area contributed by atoms with Gasteiger partial charge in [0.2, 0.25) is 0 Å². The second-order valence-corrected chi connectivity index (χ2v) is 4.84. The third-order valence-electron chi connectivity index (χ3n) is 2.68. The van der Waals surface area contributed by atoms with Crippen molar-refractivity contribution in [2.75, 3.05) is 18.9 Å². The Bertz CT molecular complexity index is 525. The van der Waals surface area contributed by atoms with Gasteiger partial charge in [-0.2, -0.15) is 5.10 Å². The normalized spacial score (nSPS) is 10.8. The molecule has 0 aliphatic carbocycles. The number of aromatic amines is 1. The van der Waals surface area contributed by atoms with Gasteiger partial charge < -0.3 is 10.5 Å². The van der Waals surface area contributed by atoms with Crippen molar-refractivity contribution in [3.05, 3.63) is 34.4 Å². The smallest absolute Gasteiger partial charge is 0.153 e. The second-order valence-electron chi connectivity index (χ2n) is 3.92. The number of nitrogens with two attached hydrogens (primary N) is 1. The summed E-state index contributed by atoms with van der Waals surface area (Å²) in [5, 5.41) is 7.06. The molecular formula is C13H16BrN3O. The Kier molecular flexibility index (Phi) is 4.38. The van der Waals surface area contributed by atoms with Crippen molar-refractivity contribution in [3.63, 3.8) is 0 Å². The Morgan fingerprint density at radius 2 is 2.28 bits per heavy atom. The lowest BCUT2D eigenvalue weighted by molar-refractivity contribution is 0.150. The third kappa shape index (κ3) is 2.91. The number of rotatable bonds is 5. The van der Waals surface area contributed by atoms with Gasteiger partial charge in [-0.05, 0) is 24.6 Å². The molecule has 1 aromatic heterocycles.